The molecule has 0 saturated carbocycles. The molecule has 1 aliphatic heterocycles. The lowest BCUT2D eigenvalue weighted by Crippen LogP contribution is -2.43. The Balaban J connectivity index is 1.56. The van der Waals surface area contributed by atoms with Crippen molar-refractivity contribution in [3.8, 4) is 0 Å². The van der Waals surface area contributed by atoms with Gasteiger partial charge < -0.3 is 15.1 Å². The van der Waals surface area contributed by atoms with E-state index in [1.165, 1.54) is 23.3 Å². The fraction of sp³-hybridized carbons (Fsp3) is 0.476. The summed E-state index contributed by atoms with van der Waals surface area (Å²) in [5.74, 6) is 1.51. The van der Waals surface area contributed by atoms with Gasteiger partial charge in [-0.3, -0.25) is 4.79 Å². The van der Waals surface area contributed by atoms with Crippen molar-refractivity contribution in [2.75, 3.05) is 5.32 Å². The fourth-order valence-electron chi connectivity index (χ4n) is 3.95. The van der Waals surface area contributed by atoms with Gasteiger partial charge in [0, 0.05) is 4.88 Å². The molecule has 138 valence electrons. The van der Waals surface area contributed by atoms with Gasteiger partial charge in [0.2, 0.25) is 0 Å². The smallest absolute Gasteiger partial charge is 0.256 e. The van der Waals surface area contributed by atoms with Crippen LogP contribution in [0.15, 0.2) is 28.9 Å². The third-order valence-corrected chi connectivity index (χ3v) is 7.26. The average molecular weight is 371 g/mol. The van der Waals surface area contributed by atoms with Gasteiger partial charge in [-0.25, -0.2) is 0 Å². The van der Waals surface area contributed by atoms with E-state index in [1.54, 1.807) is 17.6 Å². The van der Waals surface area contributed by atoms with Gasteiger partial charge in [0.15, 0.2) is 0 Å². The lowest BCUT2D eigenvalue weighted by Gasteiger charge is -2.36. The molecule has 0 spiro atoms. The van der Waals surface area contributed by atoms with E-state index in [4.69, 9.17) is 4.42 Å². The second-order valence-electron chi connectivity index (χ2n) is 7.96. The summed E-state index contributed by atoms with van der Waals surface area (Å²) in [6, 6.07) is 3.75. The van der Waals surface area contributed by atoms with Crippen LogP contribution < -0.4 is 10.6 Å². The van der Waals surface area contributed by atoms with Gasteiger partial charge in [-0.2, -0.15) is 0 Å². The molecule has 2 atom stereocenters. The van der Waals surface area contributed by atoms with E-state index in [1.807, 2.05) is 24.3 Å². The normalized spacial score (nSPS) is 22.7. The lowest BCUT2D eigenvalue weighted by molar-refractivity contribution is 0.0942. The van der Waals surface area contributed by atoms with Crippen molar-refractivity contribution >= 4 is 28.3 Å². The van der Waals surface area contributed by atoms with Crippen LogP contribution in [0.2, 0.25) is 0 Å². The fourth-order valence-corrected chi connectivity index (χ4v) is 5.31. The van der Waals surface area contributed by atoms with E-state index in [-0.39, 0.29) is 12.1 Å². The van der Waals surface area contributed by atoms with Crippen molar-refractivity contribution in [1.82, 2.24) is 5.32 Å². The maximum absolute atomic E-state index is 12.7. The van der Waals surface area contributed by atoms with Crippen LogP contribution in [0.1, 0.15) is 60.2 Å². The highest BCUT2D eigenvalue weighted by Gasteiger charge is 2.36. The van der Waals surface area contributed by atoms with Gasteiger partial charge in [-0.1, -0.05) is 27.2 Å². The van der Waals surface area contributed by atoms with Gasteiger partial charge >= 0.3 is 0 Å². The molecule has 0 aromatic carbocycles. The summed E-state index contributed by atoms with van der Waals surface area (Å²) in [6.45, 7) is 7.02. The number of carbonyl (C=O) groups excluding carboxylic acids is 1. The van der Waals surface area contributed by atoms with Crippen molar-refractivity contribution in [2.24, 2.45) is 11.3 Å². The summed E-state index contributed by atoms with van der Waals surface area (Å²) in [5, 5.41) is 7.54. The minimum Gasteiger partial charge on any atom is -0.465 e. The van der Waals surface area contributed by atoms with Crippen molar-refractivity contribution in [1.29, 1.82) is 0 Å². The number of anilines is 1. The molecule has 2 aliphatic rings. The Bertz CT molecular complexity index is 833. The molecule has 5 heteroatoms. The Kier molecular flexibility index (Phi) is 4.43. The largest absolute Gasteiger partial charge is 0.465 e. The van der Waals surface area contributed by atoms with Gasteiger partial charge in [0.05, 0.1) is 11.8 Å². The van der Waals surface area contributed by atoms with E-state index in [0.717, 1.165) is 29.2 Å². The minimum absolute atomic E-state index is 0.0403. The first kappa shape index (κ1) is 17.4. The Morgan fingerprint density at radius 2 is 2.23 bits per heavy atom. The minimum atomic E-state index is -0.205. The standard InChI is InChI=1S/C21H26N2O2S/c1-4-21(2,3)13-7-9-15-16(12-13)26-20-18(15)19(24)22-17(23-20)10-8-14-6-5-11-25-14/h5-6,8,10-11,13,17,23H,4,7,9,12H2,1-3H3,(H,22,24). The second-order valence-corrected chi connectivity index (χ2v) is 9.06. The zero-order valence-corrected chi connectivity index (χ0v) is 16.4. The summed E-state index contributed by atoms with van der Waals surface area (Å²) < 4.78 is 5.32. The first-order chi connectivity index (χ1) is 12.5. The van der Waals surface area contributed by atoms with Crippen LogP contribution in [0.4, 0.5) is 5.00 Å². The highest BCUT2D eigenvalue weighted by Crippen LogP contribution is 2.46. The van der Waals surface area contributed by atoms with Gasteiger partial charge in [0.1, 0.15) is 16.9 Å². The van der Waals surface area contributed by atoms with Crippen LogP contribution >= 0.6 is 11.3 Å². The Morgan fingerprint density at radius 1 is 1.38 bits per heavy atom. The number of hydrogen-bond donors (Lipinski definition) is 2. The Labute approximate surface area is 158 Å². The monoisotopic (exact) mass is 370 g/mol. The predicted octanol–water partition coefficient (Wildman–Crippen LogP) is 5.08. The number of rotatable bonds is 4. The van der Waals surface area contributed by atoms with E-state index >= 15 is 0 Å². The molecule has 1 amide bonds. The molecule has 2 unspecified atom stereocenters. The first-order valence-corrected chi connectivity index (χ1v) is 10.2. The molecule has 3 heterocycles. The second kappa shape index (κ2) is 6.62. The number of carbonyl (C=O) groups is 1. The molecular weight excluding hydrogens is 344 g/mol. The van der Waals surface area contributed by atoms with Crippen LogP contribution in [0, 0.1) is 11.3 Å². The van der Waals surface area contributed by atoms with E-state index in [2.05, 4.69) is 31.4 Å². The van der Waals surface area contributed by atoms with Crippen molar-refractivity contribution in [3.63, 3.8) is 0 Å². The van der Waals surface area contributed by atoms with E-state index < -0.39 is 0 Å². The molecule has 2 N–H and O–H groups in total. The van der Waals surface area contributed by atoms with Crippen LogP contribution in [0.25, 0.3) is 6.08 Å². The zero-order valence-electron chi connectivity index (χ0n) is 15.6. The van der Waals surface area contributed by atoms with E-state index in [9.17, 15) is 4.79 Å². The van der Waals surface area contributed by atoms with Crippen LogP contribution in [-0.2, 0) is 12.8 Å². The molecule has 0 saturated heterocycles. The van der Waals surface area contributed by atoms with Gasteiger partial charge in [-0.15, -0.1) is 11.3 Å². The molecule has 1 aliphatic carbocycles. The molecule has 2 aromatic heterocycles. The van der Waals surface area contributed by atoms with Gasteiger partial charge in [-0.05, 0) is 60.4 Å². The number of furan rings is 1. The summed E-state index contributed by atoms with van der Waals surface area (Å²) in [7, 11) is 0. The average Bonchev–Trinajstić information content (AvgIpc) is 3.26. The van der Waals surface area contributed by atoms with Crippen LogP contribution in [0.5, 0.6) is 0 Å². The highest BCUT2D eigenvalue weighted by atomic mass is 32.1. The summed E-state index contributed by atoms with van der Waals surface area (Å²) in [6.07, 6.45) is 9.72. The molecule has 4 nitrogen and oxygen atoms in total. The number of fused-ring (bicyclic) bond motifs is 3. The quantitative estimate of drug-likeness (QED) is 0.789. The maximum Gasteiger partial charge on any atom is 0.256 e. The summed E-state index contributed by atoms with van der Waals surface area (Å²) in [5.41, 5.74) is 2.50. The number of nitrogens with one attached hydrogen (secondary N) is 2. The molecular formula is C21H26N2O2S. The lowest BCUT2D eigenvalue weighted by atomic mass is 9.69. The van der Waals surface area contributed by atoms with Crippen molar-refractivity contribution in [3.05, 3.63) is 46.2 Å². The van der Waals surface area contributed by atoms with Crippen molar-refractivity contribution < 1.29 is 9.21 Å². The Morgan fingerprint density at radius 3 is 2.96 bits per heavy atom. The number of thiophene rings is 1. The van der Waals surface area contributed by atoms with E-state index in [0.29, 0.717) is 11.3 Å². The molecule has 0 fully saturated rings. The molecule has 2 aromatic rings. The predicted molar refractivity (Wildman–Crippen MR) is 107 cm³/mol. The highest BCUT2D eigenvalue weighted by molar-refractivity contribution is 7.16. The Hall–Kier alpha value is -2.01. The topological polar surface area (TPSA) is 54.3 Å². The molecule has 0 bridgehead atoms. The van der Waals surface area contributed by atoms with Crippen molar-refractivity contribution in [2.45, 2.75) is 52.6 Å². The van der Waals surface area contributed by atoms with Crippen LogP contribution in [0.3, 0.4) is 0 Å². The van der Waals surface area contributed by atoms with Gasteiger partial charge in [0.25, 0.3) is 5.91 Å². The molecule has 0 radical (unpaired) electrons. The third kappa shape index (κ3) is 3.09. The molecule has 4 rings (SSSR count). The SMILES string of the molecule is CCC(C)(C)C1CCc2c(sc3c2C(=O)NC(C=Cc2ccco2)N3)C1. The molecule has 26 heavy (non-hydrogen) atoms. The summed E-state index contributed by atoms with van der Waals surface area (Å²) >= 11 is 1.77. The number of amides is 1. The number of hydrogen-bond acceptors (Lipinski definition) is 4. The summed E-state index contributed by atoms with van der Waals surface area (Å²) in [4.78, 5) is 14.1. The van der Waals surface area contributed by atoms with Crippen LogP contribution in [-0.4, -0.2) is 12.1 Å². The maximum atomic E-state index is 12.7. The third-order valence-electron chi connectivity index (χ3n) is 6.08. The zero-order chi connectivity index (χ0) is 18.3. The first-order valence-electron chi connectivity index (χ1n) is 9.41.